The maximum absolute atomic E-state index is 13.3. The van der Waals surface area contributed by atoms with Gasteiger partial charge in [-0.1, -0.05) is 0 Å². The second-order valence-electron chi connectivity index (χ2n) is 9.40. The molecule has 1 aliphatic heterocycles. The molecule has 194 valence electrons. The summed E-state index contributed by atoms with van der Waals surface area (Å²) in [5.41, 5.74) is 6.06. The number of methoxy groups -OCH3 is 1. The lowest BCUT2D eigenvalue weighted by Crippen LogP contribution is -2.38. The lowest BCUT2D eigenvalue weighted by Gasteiger charge is -2.27. The van der Waals surface area contributed by atoms with E-state index in [0.717, 1.165) is 31.5 Å². The fraction of sp³-hybridized carbons (Fsp3) is 0.462. The van der Waals surface area contributed by atoms with E-state index in [2.05, 4.69) is 27.2 Å². The van der Waals surface area contributed by atoms with Crippen LogP contribution in [0.15, 0.2) is 30.3 Å². The zero-order valence-corrected chi connectivity index (χ0v) is 21.1. The van der Waals surface area contributed by atoms with Gasteiger partial charge in [0.15, 0.2) is 11.5 Å². The minimum atomic E-state index is -4.49. The molecule has 10 heteroatoms. The zero-order chi connectivity index (χ0) is 26.2. The van der Waals surface area contributed by atoms with Crippen LogP contribution >= 0.6 is 0 Å². The topological polar surface area (TPSA) is 85.5 Å². The first-order valence-corrected chi connectivity index (χ1v) is 11.9. The van der Waals surface area contributed by atoms with Crippen LogP contribution in [-0.2, 0) is 6.18 Å². The van der Waals surface area contributed by atoms with Crippen LogP contribution in [0.25, 0.3) is 10.9 Å². The Morgan fingerprint density at radius 3 is 2.50 bits per heavy atom. The van der Waals surface area contributed by atoms with Crippen molar-refractivity contribution in [2.24, 2.45) is 0 Å². The summed E-state index contributed by atoms with van der Waals surface area (Å²) in [7, 11) is 3.67. The summed E-state index contributed by atoms with van der Waals surface area (Å²) in [6.45, 7) is 6.59. The van der Waals surface area contributed by atoms with Gasteiger partial charge in [-0.05, 0) is 77.0 Å². The van der Waals surface area contributed by atoms with Crippen molar-refractivity contribution in [1.82, 2.24) is 14.9 Å². The fourth-order valence-electron chi connectivity index (χ4n) is 4.80. The Labute approximate surface area is 208 Å². The van der Waals surface area contributed by atoms with Crippen LogP contribution < -0.4 is 20.5 Å². The molecule has 0 bridgehead atoms. The van der Waals surface area contributed by atoms with Crippen molar-refractivity contribution in [3.05, 3.63) is 47.3 Å². The molecule has 0 saturated carbocycles. The number of ether oxygens (including phenoxy) is 2. The Hall–Kier alpha value is -3.27. The van der Waals surface area contributed by atoms with Gasteiger partial charge in [0.25, 0.3) is 0 Å². The minimum absolute atomic E-state index is 0.0449. The van der Waals surface area contributed by atoms with Crippen LogP contribution in [-0.4, -0.2) is 47.7 Å². The number of nitrogens with zero attached hydrogens (tertiary/aromatic N) is 3. The molecular weight excluding hydrogens is 471 g/mol. The first-order chi connectivity index (χ1) is 17.0. The summed E-state index contributed by atoms with van der Waals surface area (Å²) < 4.78 is 51.9. The maximum Gasteiger partial charge on any atom is 0.416 e. The molecule has 3 aromatic rings. The molecule has 1 fully saturated rings. The molecule has 7 nitrogen and oxygen atoms in total. The van der Waals surface area contributed by atoms with Crippen molar-refractivity contribution in [2.45, 2.75) is 58.0 Å². The van der Waals surface area contributed by atoms with E-state index in [-0.39, 0.29) is 11.8 Å². The maximum atomic E-state index is 13.3. The normalized spacial score (nSPS) is 18.3. The first kappa shape index (κ1) is 25.8. The summed E-state index contributed by atoms with van der Waals surface area (Å²) in [4.78, 5) is 11.4. The standard InChI is InChI=1S/C26H32F3N5O2/c1-14(17-9-18(26(27,28)29)11-19(30)10-17)31-25-20-12-24(36-15(2)22-7-6-8-34(22)4)23(35-5)13-21(20)32-16(3)33-25/h9-15,22H,6-8,30H2,1-5H3,(H,31,32,33)/t14-,15-,22+/m1/s1. The number of aromatic nitrogens is 2. The average Bonchev–Trinajstić information content (AvgIpc) is 3.23. The number of rotatable bonds is 7. The molecule has 0 unspecified atom stereocenters. The number of nitrogens with one attached hydrogen (secondary N) is 1. The van der Waals surface area contributed by atoms with Gasteiger partial charge in [-0.15, -0.1) is 0 Å². The molecule has 2 heterocycles. The molecule has 0 spiro atoms. The number of alkyl halides is 3. The number of likely N-dealkylation sites (N-methyl/N-ethyl adjacent to an activating group) is 1. The fourth-order valence-corrected chi connectivity index (χ4v) is 4.80. The van der Waals surface area contributed by atoms with Crippen LogP contribution in [0.3, 0.4) is 0 Å². The molecule has 1 aromatic heterocycles. The second kappa shape index (κ2) is 10.0. The Bertz CT molecular complexity index is 1250. The molecule has 0 radical (unpaired) electrons. The highest BCUT2D eigenvalue weighted by atomic mass is 19.4. The molecule has 1 aliphatic rings. The number of benzene rings is 2. The highest BCUT2D eigenvalue weighted by Gasteiger charge is 2.32. The van der Waals surface area contributed by atoms with Crippen LogP contribution in [0.5, 0.6) is 11.5 Å². The molecule has 1 saturated heterocycles. The molecular formula is C26H32F3N5O2. The van der Waals surface area contributed by atoms with Gasteiger partial charge in [-0.2, -0.15) is 13.2 Å². The quantitative estimate of drug-likeness (QED) is 0.407. The number of aryl methyl sites for hydroxylation is 1. The third-order valence-corrected chi connectivity index (χ3v) is 6.68. The molecule has 3 N–H and O–H groups in total. The van der Waals surface area contributed by atoms with E-state index in [1.165, 1.54) is 6.07 Å². The Balaban J connectivity index is 1.70. The van der Waals surface area contributed by atoms with Gasteiger partial charge < -0.3 is 20.5 Å². The molecule has 0 amide bonds. The smallest absolute Gasteiger partial charge is 0.416 e. The van der Waals surface area contributed by atoms with Crippen molar-refractivity contribution < 1.29 is 22.6 Å². The van der Waals surface area contributed by atoms with Crippen LogP contribution in [0, 0.1) is 6.92 Å². The van der Waals surface area contributed by atoms with Gasteiger partial charge in [-0.3, -0.25) is 4.90 Å². The largest absolute Gasteiger partial charge is 0.493 e. The SMILES string of the molecule is COc1cc2nc(C)nc(N[C@H](C)c3cc(N)cc(C(F)(F)F)c3)c2cc1O[C@H](C)[C@@H]1CCCN1C. The predicted molar refractivity (Wildman–Crippen MR) is 134 cm³/mol. The first-order valence-electron chi connectivity index (χ1n) is 11.9. The Kier molecular flexibility index (Phi) is 7.17. The molecule has 2 aromatic carbocycles. The average molecular weight is 504 g/mol. The molecule has 4 rings (SSSR count). The van der Waals surface area contributed by atoms with Crippen molar-refractivity contribution in [1.29, 1.82) is 0 Å². The predicted octanol–water partition coefficient (Wildman–Crippen LogP) is 5.58. The summed E-state index contributed by atoms with van der Waals surface area (Å²) in [5.74, 6) is 2.11. The zero-order valence-electron chi connectivity index (χ0n) is 21.1. The van der Waals surface area contributed by atoms with Crippen LogP contribution in [0.4, 0.5) is 24.7 Å². The third kappa shape index (κ3) is 5.43. The van der Waals surface area contributed by atoms with Gasteiger partial charge >= 0.3 is 6.18 Å². The summed E-state index contributed by atoms with van der Waals surface area (Å²) in [5, 5.41) is 3.93. The lowest BCUT2D eigenvalue weighted by atomic mass is 10.0. The second-order valence-corrected chi connectivity index (χ2v) is 9.40. The van der Waals surface area contributed by atoms with Crippen molar-refractivity contribution in [3.8, 4) is 11.5 Å². The molecule has 0 aliphatic carbocycles. The summed E-state index contributed by atoms with van der Waals surface area (Å²) in [6, 6.07) is 6.96. The Morgan fingerprint density at radius 1 is 1.11 bits per heavy atom. The molecule has 36 heavy (non-hydrogen) atoms. The van der Waals surface area contributed by atoms with Gasteiger partial charge in [0.2, 0.25) is 0 Å². The lowest BCUT2D eigenvalue weighted by molar-refractivity contribution is -0.137. The number of hydrogen-bond acceptors (Lipinski definition) is 7. The van der Waals surface area contributed by atoms with Gasteiger partial charge in [0, 0.05) is 23.2 Å². The number of hydrogen-bond donors (Lipinski definition) is 2. The van der Waals surface area contributed by atoms with Gasteiger partial charge in [0.05, 0.1) is 24.2 Å². The van der Waals surface area contributed by atoms with E-state index >= 15 is 0 Å². The van der Waals surface area contributed by atoms with E-state index in [9.17, 15) is 13.2 Å². The van der Waals surface area contributed by atoms with E-state index in [4.69, 9.17) is 15.2 Å². The van der Waals surface area contributed by atoms with Gasteiger partial charge in [-0.25, -0.2) is 9.97 Å². The monoisotopic (exact) mass is 503 g/mol. The van der Waals surface area contributed by atoms with Crippen molar-refractivity contribution in [2.75, 3.05) is 31.8 Å². The molecule has 3 atom stereocenters. The number of halogens is 3. The van der Waals surface area contributed by atoms with Crippen molar-refractivity contribution in [3.63, 3.8) is 0 Å². The Morgan fingerprint density at radius 2 is 1.86 bits per heavy atom. The highest BCUT2D eigenvalue weighted by Crippen LogP contribution is 2.38. The van der Waals surface area contributed by atoms with Gasteiger partial charge in [0.1, 0.15) is 17.7 Å². The summed E-state index contributed by atoms with van der Waals surface area (Å²) >= 11 is 0. The minimum Gasteiger partial charge on any atom is -0.493 e. The number of anilines is 2. The number of likely N-dealkylation sites (tertiary alicyclic amines) is 1. The number of nitrogens with two attached hydrogens (primary N) is 1. The van der Waals surface area contributed by atoms with E-state index in [0.29, 0.717) is 45.6 Å². The highest BCUT2D eigenvalue weighted by molar-refractivity contribution is 5.92. The summed E-state index contributed by atoms with van der Waals surface area (Å²) in [6.07, 6.45) is -2.38. The van der Waals surface area contributed by atoms with Crippen molar-refractivity contribution >= 4 is 22.4 Å². The van der Waals surface area contributed by atoms with Crippen LogP contribution in [0.1, 0.15) is 49.7 Å². The number of nitrogen functional groups attached to an aromatic ring is 1. The number of fused-ring (bicyclic) bond motifs is 1. The third-order valence-electron chi connectivity index (χ3n) is 6.68. The van der Waals surface area contributed by atoms with E-state index < -0.39 is 17.8 Å². The van der Waals surface area contributed by atoms with E-state index in [1.807, 2.05) is 13.0 Å². The van der Waals surface area contributed by atoms with Crippen LogP contribution in [0.2, 0.25) is 0 Å². The van der Waals surface area contributed by atoms with E-state index in [1.54, 1.807) is 27.0 Å².